The van der Waals surface area contributed by atoms with Crippen molar-refractivity contribution < 1.29 is 9.53 Å². The van der Waals surface area contributed by atoms with Crippen LogP contribution in [-0.2, 0) is 16.1 Å². The minimum absolute atomic E-state index is 0.0423. The molecule has 1 aliphatic rings. The Hall–Kier alpha value is -1.47. The number of methoxy groups -OCH3 is 1. The van der Waals surface area contributed by atoms with E-state index in [0.717, 1.165) is 18.9 Å². The van der Waals surface area contributed by atoms with Gasteiger partial charge in [0.25, 0.3) is 0 Å². The molecule has 1 amide bonds. The van der Waals surface area contributed by atoms with Crippen molar-refractivity contribution in [2.45, 2.75) is 32.4 Å². The number of aromatic nitrogens is 3. The van der Waals surface area contributed by atoms with E-state index in [2.05, 4.69) is 20.4 Å². The first kappa shape index (κ1) is 14.9. The number of likely N-dealkylation sites (tertiary alicyclic amines) is 1. The van der Waals surface area contributed by atoms with Crippen LogP contribution in [0, 0.1) is 0 Å². The fourth-order valence-corrected chi connectivity index (χ4v) is 2.46. The van der Waals surface area contributed by atoms with Crippen LogP contribution in [-0.4, -0.2) is 58.9 Å². The molecule has 2 heterocycles. The third-order valence-electron chi connectivity index (χ3n) is 3.51. The SMILES string of the molecule is COCCn1cnnc1[C@H](C)NC(=O)CN1CCCC1. The Kier molecular flexibility index (Phi) is 5.49. The molecule has 1 aromatic rings. The van der Waals surface area contributed by atoms with Gasteiger partial charge in [-0.1, -0.05) is 0 Å². The molecular formula is C13H23N5O2. The minimum atomic E-state index is -0.149. The molecule has 1 atom stereocenters. The van der Waals surface area contributed by atoms with Gasteiger partial charge in [0, 0.05) is 13.7 Å². The van der Waals surface area contributed by atoms with Gasteiger partial charge in [0.15, 0.2) is 5.82 Å². The van der Waals surface area contributed by atoms with E-state index in [-0.39, 0.29) is 11.9 Å². The van der Waals surface area contributed by atoms with Gasteiger partial charge in [0.05, 0.1) is 19.2 Å². The molecule has 0 aliphatic carbocycles. The van der Waals surface area contributed by atoms with Crippen LogP contribution in [0.3, 0.4) is 0 Å². The maximum Gasteiger partial charge on any atom is 0.234 e. The van der Waals surface area contributed by atoms with Crippen LogP contribution in [0.5, 0.6) is 0 Å². The van der Waals surface area contributed by atoms with Gasteiger partial charge >= 0.3 is 0 Å². The quantitative estimate of drug-likeness (QED) is 0.773. The first-order valence-corrected chi connectivity index (χ1v) is 7.09. The zero-order valence-electron chi connectivity index (χ0n) is 12.2. The summed E-state index contributed by atoms with van der Waals surface area (Å²) in [5.74, 6) is 0.803. The Labute approximate surface area is 119 Å². The average molecular weight is 281 g/mol. The fourth-order valence-electron chi connectivity index (χ4n) is 2.46. The lowest BCUT2D eigenvalue weighted by atomic mass is 10.3. The van der Waals surface area contributed by atoms with Crippen molar-refractivity contribution in [2.75, 3.05) is 33.4 Å². The molecule has 0 aromatic carbocycles. The maximum absolute atomic E-state index is 12.0. The Morgan fingerprint density at radius 1 is 1.50 bits per heavy atom. The van der Waals surface area contributed by atoms with Crippen LogP contribution in [0.2, 0.25) is 0 Å². The molecule has 7 nitrogen and oxygen atoms in total. The molecule has 1 N–H and O–H groups in total. The number of hydrogen-bond donors (Lipinski definition) is 1. The standard InChI is InChI=1S/C13H23N5O2/c1-11(13-16-14-10-18(13)7-8-20-2)15-12(19)9-17-5-3-4-6-17/h10-11H,3-9H2,1-2H3,(H,15,19)/t11-/m0/s1. The van der Waals surface area contributed by atoms with Crippen molar-refractivity contribution in [3.8, 4) is 0 Å². The number of ether oxygens (including phenoxy) is 1. The number of rotatable bonds is 7. The zero-order chi connectivity index (χ0) is 14.4. The average Bonchev–Trinajstić information content (AvgIpc) is 3.06. The second-order valence-corrected chi connectivity index (χ2v) is 5.15. The summed E-state index contributed by atoms with van der Waals surface area (Å²) in [5.41, 5.74) is 0. The third-order valence-corrected chi connectivity index (χ3v) is 3.51. The van der Waals surface area contributed by atoms with Gasteiger partial charge in [0.1, 0.15) is 6.33 Å². The molecule has 1 saturated heterocycles. The molecule has 112 valence electrons. The van der Waals surface area contributed by atoms with Gasteiger partial charge in [-0.25, -0.2) is 0 Å². The van der Waals surface area contributed by atoms with E-state index in [1.54, 1.807) is 13.4 Å². The van der Waals surface area contributed by atoms with E-state index in [1.807, 2.05) is 11.5 Å². The summed E-state index contributed by atoms with van der Waals surface area (Å²) < 4.78 is 6.96. The van der Waals surface area contributed by atoms with Gasteiger partial charge in [-0.05, 0) is 32.9 Å². The molecule has 1 fully saturated rings. The second kappa shape index (κ2) is 7.35. The Morgan fingerprint density at radius 2 is 2.25 bits per heavy atom. The Morgan fingerprint density at radius 3 is 2.95 bits per heavy atom. The smallest absolute Gasteiger partial charge is 0.234 e. The fraction of sp³-hybridized carbons (Fsp3) is 0.769. The highest BCUT2D eigenvalue weighted by Gasteiger charge is 2.19. The van der Waals surface area contributed by atoms with Crippen LogP contribution in [0.25, 0.3) is 0 Å². The molecule has 0 bridgehead atoms. The summed E-state index contributed by atoms with van der Waals surface area (Å²) in [6.07, 6.45) is 4.04. The highest BCUT2D eigenvalue weighted by atomic mass is 16.5. The number of nitrogens with zero attached hydrogens (tertiary/aromatic N) is 4. The topological polar surface area (TPSA) is 72.3 Å². The van der Waals surface area contributed by atoms with E-state index >= 15 is 0 Å². The van der Waals surface area contributed by atoms with E-state index < -0.39 is 0 Å². The number of carbonyl (C=O) groups is 1. The highest BCUT2D eigenvalue weighted by Crippen LogP contribution is 2.10. The second-order valence-electron chi connectivity index (χ2n) is 5.15. The summed E-state index contributed by atoms with van der Waals surface area (Å²) >= 11 is 0. The van der Waals surface area contributed by atoms with Crippen molar-refractivity contribution in [1.82, 2.24) is 25.0 Å². The normalized spacial score (nSPS) is 17.3. The highest BCUT2D eigenvalue weighted by molar-refractivity contribution is 5.78. The predicted octanol–water partition coefficient (Wildman–Crippen LogP) is 0.198. The van der Waals surface area contributed by atoms with Crippen LogP contribution < -0.4 is 5.32 Å². The van der Waals surface area contributed by atoms with Crippen molar-refractivity contribution in [2.24, 2.45) is 0 Å². The van der Waals surface area contributed by atoms with E-state index in [1.165, 1.54) is 12.8 Å². The van der Waals surface area contributed by atoms with Crippen LogP contribution in [0.4, 0.5) is 0 Å². The van der Waals surface area contributed by atoms with Crippen molar-refractivity contribution in [3.63, 3.8) is 0 Å². The van der Waals surface area contributed by atoms with Crippen LogP contribution >= 0.6 is 0 Å². The lowest BCUT2D eigenvalue weighted by molar-refractivity contribution is -0.122. The summed E-state index contributed by atoms with van der Waals surface area (Å²) in [6.45, 7) is 5.72. The molecular weight excluding hydrogens is 258 g/mol. The number of hydrogen-bond acceptors (Lipinski definition) is 5. The van der Waals surface area contributed by atoms with Gasteiger partial charge in [0.2, 0.25) is 5.91 Å². The third kappa shape index (κ3) is 4.01. The lowest BCUT2D eigenvalue weighted by Gasteiger charge is -2.18. The molecule has 2 rings (SSSR count). The summed E-state index contributed by atoms with van der Waals surface area (Å²) in [4.78, 5) is 14.2. The van der Waals surface area contributed by atoms with Gasteiger partial charge in [-0.3, -0.25) is 9.69 Å². The van der Waals surface area contributed by atoms with E-state index in [4.69, 9.17) is 4.74 Å². The molecule has 0 spiro atoms. The summed E-state index contributed by atoms with van der Waals surface area (Å²) in [7, 11) is 1.66. The van der Waals surface area contributed by atoms with Crippen LogP contribution in [0.15, 0.2) is 6.33 Å². The van der Waals surface area contributed by atoms with Gasteiger partial charge in [-0.15, -0.1) is 10.2 Å². The Balaban J connectivity index is 1.85. The van der Waals surface area contributed by atoms with E-state index in [9.17, 15) is 4.79 Å². The van der Waals surface area contributed by atoms with Crippen LogP contribution in [0.1, 0.15) is 31.6 Å². The van der Waals surface area contributed by atoms with E-state index in [0.29, 0.717) is 19.7 Å². The monoisotopic (exact) mass is 281 g/mol. The van der Waals surface area contributed by atoms with Crippen molar-refractivity contribution >= 4 is 5.91 Å². The predicted molar refractivity (Wildman–Crippen MR) is 74.1 cm³/mol. The summed E-state index contributed by atoms with van der Waals surface area (Å²) in [6, 6.07) is -0.149. The molecule has 1 aromatic heterocycles. The number of amides is 1. The first-order chi connectivity index (χ1) is 9.70. The molecule has 0 saturated carbocycles. The Bertz CT molecular complexity index is 428. The number of carbonyl (C=O) groups excluding carboxylic acids is 1. The van der Waals surface area contributed by atoms with Gasteiger partial charge < -0.3 is 14.6 Å². The minimum Gasteiger partial charge on any atom is -0.383 e. The summed E-state index contributed by atoms with van der Waals surface area (Å²) in [5, 5.41) is 11.0. The molecule has 20 heavy (non-hydrogen) atoms. The first-order valence-electron chi connectivity index (χ1n) is 7.09. The zero-order valence-corrected chi connectivity index (χ0v) is 12.2. The van der Waals surface area contributed by atoms with Gasteiger partial charge in [-0.2, -0.15) is 0 Å². The lowest BCUT2D eigenvalue weighted by Crippen LogP contribution is -2.37. The largest absolute Gasteiger partial charge is 0.383 e. The molecule has 7 heteroatoms. The maximum atomic E-state index is 12.0. The number of nitrogens with one attached hydrogen (secondary N) is 1. The van der Waals surface area contributed by atoms with Crippen molar-refractivity contribution in [3.05, 3.63) is 12.2 Å². The van der Waals surface area contributed by atoms with Crippen molar-refractivity contribution in [1.29, 1.82) is 0 Å². The molecule has 0 unspecified atom stereocenters. The molecule has 1 aliphatic heterocycles. The molecule has 0 radical (unpaired) electrons.